The number of carbonyl (C=O) groups is 2. The second-order valence-corrected chi connectivity index (χ2v) is 13.0. The number of carboxylic acid groups (broad SMARTS) is 1. The van der Waals surface area contributed by atoms with Crippen molar-refractivity contribution in [1.82, 2.24) is 0 Å². The molecule has 0 fully saturated rings. The molecule has 11 heteroatoms. The quantitative estimate of drug-likeness (QED) is 0.0432. The first-order valence-corrected chi connectivity index (χ1v) is 17.5. The molecule has 268 valence electrons. The number of ether oxygens (including phenoxy) is 1. The van der Waals surface area contributed by atoms with Crippen molar-refractivity contribution in [3.05, 3.63) is 190 Å². The zero-order chi connectivity index (χ0) is 37.0. The zero-order valence-electron chi connectivity index (χ0n) is 28.3. The highest BCUT2D eigenvalue weighted by molar-refractivity contribution is 7.80. The van der Waals surface area contributed by atoms with E-state index in [1.165, 1.54) is 36.4 Å². The highest BCUT2D eigenvalue weighted by Gasteiger charge is 2.20. The fraction of sp³-hybridized carbons (Fsp3) is 0.0952. The van der Waals surface area contributed by atoms with Gasteiger partial charge in [0.15, 0.2) is 5.75 Å². The van der Waals surface area contributed by atoms with Crippen molar-refractivity contribution >= 4 is 23.0 Å². The standard InChI is InChI=1S/C42H34O10S/c43-41(44)39-22-12-32(24-30-9-5-2-6-10-30)26-40(39)42(45)50-35-18-20-38(21-19-35)53(47)52-37-16-14-36(15-17-37)51-49-28-34-25-31(11-13-33(34)27-48-46)23-29-7-3-1-4-8-29/h1-22,25-26,46H,23-24,27-28H2,(H,43,44). The molecule has 0 aliphatic rings. The molecule has 0 aromatic heterocycles. The fourth-order valence-corrected chi connectivity index (χ4v) is 6.22. The third-order valence-electron chi connectivity index (χ3n) is 8.12. The second-order valence-electron chi connectivity index (χ2n) is 11.9. The average Bonchev–Trinajstić information content (AvgIpc) is 3.17. The number of aromatic carboxylic acids is 1. The van der Waals surface area contributed by atoms with Gasteiger partial charge in [-0.3, -0.25) is 5.26 Å². The van der Waals surface area contributed by atoms with Gasteiger partial charge in [0.2, 0.25) is 11.1 Å². The number of benzene rings is 6. The fourth-order valence-electron chi connectivity index (χ4n) is 5.48. The van der Waals surface area contributed by atoms with Gasteiger partial charge in [-0.2, -0.15) is 4.89 Å². The third kappa shape index (κ3) is 10.2. The Labute approximate surface area is 308 Å². The van der Waals surface area contributed by atoms with Gasteiger partial charge in [0, 0.05) is 0 Å². The maximum absolute atomic E-state index is 13.1. The van der Waals surface area contributed by atoms with Crippen LogP contribution in [0.1, 0.15) is 54.1 Å². The zero-order valence-corrected chi connectivity index (χ0v) is 29.1. The van der Waals surface area contributed by atoms with E-state index in [2.05, 4.69) is 17.0 Å². The maximum atomic E-state index is 13.1. The predicted octanol–water partition coefficient (Wildman–Crippen LogP) is 8.39. The third-order valence-corrected chi connectivity index (χ3v) is 9.12. The van der Waals surface area contributed by atoms with Gasteiger partial charge >= 0.3 is 11.9 Å². The summed E-state index contributed by atoms with van der Waals surface area (Å²) in [4.78, 5) is 40.6. The van der Waals surface area contributed by atoms with Gasteiger partial charge in [0.25, 0.3) is 0 Å². The molecule has 2 N–H and O–H groups in total. The minimum absolute atomic E-state index is 0.000975. The number of hydrogen-bond acceptors (Lipinski definition) is 9. The molecule has 0 amide bonds. The van der Waals surface area contributed by atoms with Crippen LogP contribution < -0.4 is 13.8 Å². The van der Waals surface area contributed by atoms with Crippen LogP contribution in [0.4, 0.5) is 0 Å². The normalized spacial score (nSPS) is 11.4. The molecule has 10 nitrogen and oxygen atoms in total. The molecule has 1 unspecified atom stereocenters. The van der Waals surface area contributed by atoms with Crippen LogP contribution in [0.3, 0.4) is 0 Å². The highest BCUT2D eigenvalue weighted by Crippen LogP contribution is 2.24. The number of carbonyl (C=O) groups excluding carboxylic acids is 1. The lowest BCUT2D eigenvalue weighted by Crippen LogP contribution is -2.15. The van der Waals surface area contributed by atoms with Crippen molar-refractivity contribution in [3.8, 4) is 17.2 Å². The number of esters is 1. The molecule has 0 saturated carbocycles. The van der Waals surface area contributed by atoms with Gasteiger partial charge in [0.05, 0.1) is 16.0 Å². The Morgan fingerprint density at radius 1 is 0.566 bits per heavy atom. The summed E-state index contributed by atoms with van der Waals surface area (Å²) < 4.78 is 24.0. The second kappa shape index (κ2) is 17.9. The van der Waals surface area contributed by atoms with Crippen molar-refractivity contribution in [3.63, 3.8) is 0 Å². The molecule has 0 heterocycles. The van der Waals surface area contributed by atoms with E-state index in [0.29, 0.717) is 22.8 Å². The van der Waals surface area contributed by atoms with Crippen LogP contribution in [0.15, 0.2) is 150 Å². The van der Waals surface area contributed by atoms with Crippen molar-refractivity contribution < 1.29 is 47.7 Å². The Morgan fingerprint density at radius 2 is 1.15 bits per heavy atom. The van der Waals surface area contributed by atoms with Gasteiger partial charge in [0.1, 0.15) is 24.7 Å². The van der Waals surface area contributed by atoms with Crippen LogP contribution in [-0.4, -0.2) is 26.5 Å². The lowest BCUT2D eigenvalue weighted by Gasteiger charge is -2.12. The minimum Gasteiger partial charge on any atom is -0.478 e. The molecule has 0 bridgehead atoms. The van der Waals surface area contributed by atoms with Crippen LogP contribution in [0.2, 0.25) is 0 Å². The summed E-state index contributed by atoms with van der Waals surface area (Å²) in [7, 11) is 0. The average molecular weight is 731 g/mol. The molecule has 1 atom stereocenters. The van der Waals surface area contributed by atoms with E-state index >= 15 is 0 Å². The van der Waals surface area contributed by atoms with E-state index in [1.54, 1.807) is 30.3 Å². The van der Waals surface area contributed by atoms with Crippen LogP contribution in [0.25, 0.3) is 0 Å². The van der Waals surface area contributed by atoms with E-state index in [4.69, 9.17) is 24.0 Å². The Morgan fingerprint density at radius 3 is 1.77 bits per heavy atom. The molecule has 0 aliphatic carbocycles. The molecular weight excluding hydrogens is 697 g/mol. The van der Waals surface area contributed by atoms with Crippen molar-refractivity contribution in [2.45, 2.75) is 31.0 Å². The largest absolute Gasteiger partial charge is 0.478 e. The summed E-state index contributed by atoms with van der Waals surface area (Å²) in [6.07, 6.45) is 1.24. The van der Waals surface area contributed by atoms with E-state index in [1.807, 2.05) is 66.7 Å². The molecule has 6 rings (SSSR count). The molecule has 53 heavy (non-hydrogen) atoms. The molecule has 0 aliphatic heterocycles. The van der Waals surface area contributed by atoms with Crippen LogP contribution in [-0.2, 0) is 46.9 Å². The summed E-state index contributed by atoms with van der Waals surface area (Å²) in [6.45, 7) is 0.0925. The predicted molar refractivity (Wildman–Crippen MR) is 196 cm³/mol. The van der Waals surface area contributed by atoms with Crippen molar-refractivity contribution in [2.24, 2.45) is 0 Å². The molecule has 6 aromatic rings. The highest BCUT2D eigenvalue weighted by atomic mass is 32.2. The Kier molecular flexibility index (Phi) is 12.4. The van der Waals surface area contributed by atoms with Gasteiger partial charge in [-0.1, -0.05) is 84.9 Å². The van der Waals surface area contributed by atoms with Gasteiger partial charge < -0.3 is 18.9 Å². The number of carboxylic acids is 1. The Balaban J connectivity index is 1.02. The lowest BCUT2D eigenvalue weighted by atomic mass is 9.99. The van der Waals surface area contributed by atoms with Crippen LogP contribution in [0.5, 0.6) is 17.2 Å². The molecule has 6 aromatic carbocycles. The summed E-state index contributed by atoms with van der Waals surface area (Å²) in [5, 5.41) is 18.7. The van der Waals surface area contributed by atoms with E-state index in [0.717, 1.165) is 39.8 Å². The topological polar surface area (TPSA) is 138 Å². The summed E-state index contributed by atoms with van der Waals surface area (Å²) >= 11 is -1.91. The summed E-state index contributed by atoms with van der Waals surface area (Å²) in [6, 6.07) is 42.3. The molecular formula is C42H34O10S. The molecule has 0 spiro atoms. The first-order chi connectivity index (χ1) is 25.8. The van der Waals surface area contributed by atoms with Gasteiger partial charge in [-0.15, -0.1) is 0 Å². The first-order valence-electron chi connectivity index (χ1n) is 16.5. The Hall–Kier alpha value is -6.11. The Bertz CT molecular complexity index is 2170. The molecule has 0 saturated heterocycles. The number of hydrogen-bond donors (Lipinski definition) is 2. The maximum Gasteiger partial charge on any atom is 0.344 e. The van der Waals surface area contributed by atoms with Crippen molar-refractivity contribution in [1.29, 1.82) is 0 Å². The van der Waals surface area contributed by atoms with Gasteiger partial charge in [-0.25, -0.2) is 18.7 Å². The first kappa shape index (κ1) is 36.7. The summed E-state index contributed by atoms with van der Waals surface area (Å²) in [5.74, 6) is -1.25. The van der Waals surface area contributed by atoms with Crippen molar-refractivity contribution in [2.75, 3.05) is 0 Å². The number of rotatable bonds is 16. The van der Waals surface area contributed by atoms with E-state index < -0.39 is 23.0 Å². The van der Waals surface area contributed by atoms with Crippen LogP contribution >= 0.6 is 0 Å². The SMILES string of the molecule is O=C(O)c1ccc(Cc2ccccc2)cc1C(=O)Oc1ccc(S(=O)Oc2ccc(OOCc3cc(Cc4ccccc4)ccc3COO)cc2)cc1. The minimum atomic E-state index is -1.91. The molecule has 0 radical (unpaired) electrons. The van der Waals surface area contributed by atoms with E-state index in [-0.39, 0.29) is 30.1 Å². The summed E-state index contributed by atoms with van der Waals surface area (Å²) in [5.41, 5.74) is 5.29. The van der Waals surface area contributed by atoms with Crippen LogP contribution in [0, 0.1) is 0 Å². The lowest BCUT2D eigenvalue weighted by molar-refractivity contribution is -0.253. The van der Waals surface area contributed by atoms with E-state index in [9.17, 15) is 18.9 Å². The monoisotopic (exact) mass is 730 g/mol. The smallest absolute Gasteiger partial charge is 0.344 e. The van der Waals surface area contributed by atoms with Gasteiger partial charge in [-0.05, 0) is 107 Å².